The zero-order valence-electron chi connectivity index (χ0n) is 14.7. The van der Waals surface area contributed by atoms with Crippen molar-refractivity contribution in [2.24, 2.45) is 0 Å². The molecular formula is C19H20N2O4. The fraction of sp³-hybridized carbons (Fsp3) is 0.316. The van der Waals surface area contributed by atoms with Crippen LogP contribution in [0.4, 0.5) is 0 Å². The van der Waals surface area contributed by atoms with Crippen LogP contribution < -0.4 is 10.3 Å². The lowest BCUT2D eigenvalue weighted by molar-refractivity contribution is 0.0915. The summed E-state index contributed by atoms with van der Waals surface area (Å²) in [5, 5.41) is 19.5. The molecule has 6 heteroatoms. The quantitative estimate of drug-likeness (QED) is 0.845. The summed E-state index contributed by atoms with van der Waals surface area (Å²) >= 11 is 0. The van der Waals surface area contributed by atoms with E-state index >= 15 is 0 Å². The van der Waals surface area contributed by atoms with E-state index in [4.69, 9.17) is 4.74 Å². The fourth-order valence-electron chi connectivity index (χ4n) is 2.81. The maximum absolute atomic E-state index is 12.6. The molecular weight excluding hydrogens is 320 g/mol. The number of carbonyl (C=O) groups is 1. The number of aromatic nitrogens is 1. The van der Waals surface area contributed by atoms with Crippen molar-refractivity contribution in [3.8, 4) is 17.7 Å². The fourth-order valence-corrected chi connectivity index (χ4v) is 2.81. The van der Waals surface area contributed by atoms with E-state index in [2.05, 4.69) is 0 Å². The molecule has 0 saturated heterocycles. The number of carbonyl (C=O) groups excluding carboxylic acids is 1. The average molecular weight is 340 g/mol. The zero-order chi connectivity index (χ0) is 18.7. The van der Waals surface area contributed by atoms with Crippen LogP contribution in [0.2, 0.25) is 0 Å². The van der Waals surface area contributed by atoms with E-state index in [1.807, 2.05) is 38.1 Å². The van der Waals surface area contributed by atoms with Gasteiger partial charge in [-0.1, -0.05) is 18.2 Å². The van der Waals surface area contributed by atoms with Crippen molar-refractivity contribution in [2.75, 3.05) is 6.61 Å². The summed E-state index contributed by atoms with van der Waals surface area (Å²) in [7, 11) is 0. The van der Waals surface area contributed by atoms with Gasteiger partial charge in [-0.25, -0.2) is 0 Å². The minimum atomic E-state index is -0.604. The molecule has 0 aliphatic carbocycles. The number of pyridine rings is 1. The molecule has 0 saturated carbocycles. The summed E-state index contributed by atoms with van der Waals surface area (Å²) in [6.07, 6.45) is 0. The number of rotatable bonds is 5. The van der Waals surface area contributed by atoms with Crippen molar-refractivity contribution < 1.29 is 14.6 Å². The summed E-state index contributed by atoms with van der Waals surface area (Å²) in [6, 6.07) is 7.46. The number of ketones is 1. The van der Waals surface area contributed by atoms with Crippen LogP contribution in [0.3, 0.4) is 0 Å². The molecule has 0 unspecified atom stereocenters. The molecule has 1 N–H and O–H groups in total. The van der Waals surface area contributed by atoms with E-state index in [-0.39, 0.29) is 29.8 Å². The lowest BCUT2D eigenvalue weighted by Crippen LogP contribution is -2.27. The second-order valence-electron chi connectivity index (χ2n) is 5.79. The van der Waals surface area contributed by atoms with E-state index in [0.29, 0.717) is 5.75 Å². The number of hydrogen-bond donors (Lipinski definition) is 1. The number of para-hydroxylation sites is 1. The maximum atomic E-state index is 12.6. The Morgan fingerprint density at radius 1 is 1.28 bits per heavy atom. The summed E-state index contributed by atoms with van der Waals surface area (Å²) in [4.78, 5) is 24.8. The Kier molecular flexibility index (Phi) is 5.28. The highest BCUT2D eigenvalue weighted by atomic mass is 16.5. The highest BCUT2D eigenvalue weighted by molar-refractivity contribution is 6.01. The number of aromatic hydroxyl groups is 1. The lowest BCUT2D eigenvalue weighted by Gasteiger charge is -2.15. The second-order valence-corrected chi connectivity index (χ2v) is 5.79. The maximum Gasteiger partial charge on any atom is 0.271 e. The van der Waals surface area contributed by atoms with Gasteiger partial charge >= 0.3 is 0 Å². The van der Waals surface area contributed by atoms with Crippen molar-refractivity contribution in [3.63, 3.8) is 0 Å². The second kappa shape index (κ2) is 7.22. The van der Waals surface area contributed by atoms with Gasteiger partial charge in [0.15, 0.2) is 6.61 Å². The van der Waals surface area contributed by atoms with Gasteiger partial charge in [0.25, 0.3) is 5.56 Å². The molecule has 0 fully saturated rings. The summed E-state index contributed by atoms with van der Waals surface area (Å²) in [6.45, 7) is 6.73. The standard InChI is InChI=1S/C19H20N2O4/c1-5-21-18(23)14(9-20)13(4)16(19(21)24)15(22)10-25-17-11(2)7-6-8-12(17)3/h6-8,24H,5,10H2,1-4H3. The average Bonchev–Trinajstić information content (AvgIpc) is 2.55. The molecule has 0 atom stereocenters. The normalized spacial score (nSPS) is 10.4. The minimum absolute atomic E-state index is 0.0516. The van der Waals surface area contributed by atoms with Crippen LogP contribution >= 0.6 is 0 Å². The summed E-state index contributed by atoms with van der Waals surface area (Å²) in [5.74, 6) is -0.312. The van der Waals surface area contributed by atoms with Crippen LogP contribution in [0.5, 0.6) is 11.6 Å². The van der Waals surface area contributed by atoms with Gasteiger partial charge in [-0.3, -0.25) is 14.2 Å². The van der Waals surface area contributed by atoms with Crippen LogP contribution in [-0.2, 0) is 6.54 Å². The largest absolute Gasteiger partial charge is 0.494 e. The third kappa shape index (κ3) is 3.26. The smallest absolute Gasteiger partial charge is 0.271 e. The first-order valence-electron chi connectivity index (χ1n) is 7.92. The Labute approximate surface area is 145 Å². The predicted molar refractivity (Wildman–Crippen MR) is 93.2 cm³/mol. The molecule has 130 valence electrons. The first kappa shape index (κ1) is 18.3. The van der Waals surface area contributed by atoms with Gasteiger partial charge in [-0.05, 0) is 44.4 Å². The Hall–Kier alpha value is -3.07. The molecule has 0 spiro atoms. The van der Waals surface area contributed by atoms with Gasteiger partial charge in [0.2, 0.25) is 11.7 Å². The van der Waals surface area contributed by atoms with Crippen molar-refractivity contribution in [1.82, 2.24) is 4.57 Å². The molecule has 0 amide bonds. The van der Waals surface area contributed by atoms with Crippen LogP contribution in [-0.4, -0.2) is 22.1 Å². The van der Waals surface area contributed by atoms with E-state index < -0.39 is 17.2 Å². The highest BCUT2D eigenvalue weighted by Crippen LogP contribution is 2.25. The molecule has 1 heterocycles. The predicted octanol–water partition coefficient (Wildman–Crippen LogP) is 2.63. The number of ether oxygens (including phenoxy) is 1. The molecule has 0 aliphatic rings. The van der Waals surface area contributed by atoms with Gasteiger partial charge in [-0.2, -0.15) is 5.26 Å². The van der Waals surface area contributed by atoms with Gasteiger partial charge in [0.1, 0.15) is 17.4 Å². The molecule has 1 aromatic carbocycles. The van der Waals surface area contributed by atoms with Crippen molar-refractivity contribution in [1.29, 1.82) is 5.26 Å². The third-order valence-electron chi connectivity index (χ3n) is 4.15. The molecule has 2 aromatic rings. The number of aryl methyl sites for hydroxylation is 2. The van der Waals surface area contributed by atoms with E-state index in [1.165, 1.54) is 6.92 Å². The van der Waals surface area contributed by atoms with Crippen LogP contribution in [0, 0.1) is 32.1 Å². The Morgan fingerprint density at radius 3 is 2.40 bits per heavy atom. The Balaban J connectivity index is 2.44. The van der Waals surface area contributed by atoms with Crippen molar-refractivity contribution >= 4 is 5.78 Å². The Morgan fingerprint density at radius 2 is 1.88 bits per heavy atom. The summed E-state index contributed by atoms with van der Waals surface area (Å²) in [5.41, 5.74) is 1.16. The number of Topliss-reactive ketones (excluding diaryl/α,β-unsaturated/α-hetero) is 1. The third-order valence-corrected chi connectivity index (χ3v) is 4.15. The van der Waals surface area contributed by atoms with E-state index in [0.717, 1.165) is 15.7 Å². The van der Waals surface area contributed by atoms with Crippen LogP contribution in [0.1, 0.15) is 39.5 Å². The van der Waals surface area contributed by atoms with Gasteiger partial charge in [0.05, 0.1) is 5.56 Å². The first-order chi connectivity index (χ1) is 11.8. The molecule has 1 aromatic heterocycles. The first-order valence-corrected chi connectivity index (χ1v) is 7.92. The lowest BCUT2D eigenvalue weighted by atomic mass is 10.0. The van der Waals surface area contributed by atoms with Gasteiger partial charge in [0, 0.05) is 6.54 Å². The van der Waals surface area contributed by atoms with Gasteiger partial charge in [-0.15, -0.1) is 0 Å². The molecule has 0 aliphatic heterocycles. The van der Waals surface area contributed by atoms with E-state index in [1.54, 1.807) is 6.92 Å². The molecule has 25 heavy (non-hydrogen) atoms. The minimum Gasteiger partial charge on any atom is -0.494 e. The van der Waals surface area contributed by atoms with Crippen molar-refractivity contribution in [2.45, 2.75) is 34.2 Å². The van der Waals surface area contributed by atoms with Crippen LogP contribution in [0.25, 0.3) is 0 Å². The number of hydrogen-bond acceptors (Lipinski definition) is 5. The Bertz CT molecular complexity index is 916. The summed E-state index contributed by atoms with van der Waals surface area (Å²) < 4.78 is 6.65. The monoisotopic (exact) mass is 340 g/mol. The molecule has 6 nitrogen and oxygen atoms in total. The number of nitriles is 1. The SMILES string of the molecule is CCn1c(O)c(C(=O)COc2c(C)cccc2C)c(C)c(C#N)c1=O. The number of benzene rings is 1. The topological polar surface area (TPSA) is 92.3 Å². The molecule has 2 rings (SSSR count). The highest BCUT2D eigenvalue weighted by Gasteiger charge is 2.24. The van der Waals surface area contributed by atoms with Crippen molar-refractivity contribution in [3.05, 3.63) is 56.4 Å². The molecule has 0 radical (unpaired) electrons. The van der Waals surface area contributed by atoms with Gasteiger partial charge < -0.3 is 9.84 Å². The number of nitrogens with zero attached hydrogens (tertiary/aromatic N) is 2. The molecule has 0 bridgehead atoms. The van der Waals surface area contributed by atoms with Crippen LogP contribution in [0.15, 0.2) is 23.0 Å². The van der Waals surface area contributed by atoms with E-state index in [9.17, 15) is 20.0 Å². The zero-order valence-corrected chi connectivity index (χ0v) is 14.7.